The van der Waals surface area contributed by atoms with Crippen LogP contribution in [0.5, 0.6) is 11.5 Å². The summed E-state index contributed by atoms with van der Waals surface area (Å²) in [6.07, 6.45) is -1.87. The predicted octanol–water partition coefficient (Wildman–Crippen LogP) is 1.99. The van der Waals surface area contributed by atoms with Crippen LogP contribution in [-0.2, 0) is 0 Å². The number of benzene rings is 1. The molecule has 0 radical (unpaired) electrons. The first kappa shape index (κ1) is 19.2. The Morgan fingerprint density at radius 2 is 1.83 bits per heavy atom. The number of methoxy groups -OCH3 is 2. The molecule has 24 heavy (non-hydrogen) atoms. The second-order valence-electron chi connectivity index (χ2n) is 4.48. The number of hydrogen-bond donors (Lipinski definition) is 3. The van der Waals surface area contributed by atoms with Crippen LogP contribution in [0, 0.1) is 0 Å². The van der Waals surface area contributed by atoms with Crippen LogP contribution in [0.15, 0.2) is 31.1 Å². The predicted molar refractivity (Wildman–Crippen MR) is 83.4 cm³/mol. The summed E-state index contributed by atoms with van der Waals surface area (Å²) in [6.45, 7) is 2.05. The summed E-state index contributed by atoms with van der Waals surface area (Å²) >= 11 is 0. The maximum absolute atomic E-state index is 12.3. The van der Waals surface area contributed by atoms with Crippen LogP contribution in [0.2, 0.25) is 0 Å². The molecule has 1 aromatic carbocycles. The molecule has 6 nitrogen and oxygen atoms in total. The molecule has 0 saturated carbocycles. The van der Waals surface area contributed by atoms with Crippen molar-refractivity contribution in [3.63, 3.8) is 0 Å². The van der Waals surface area contributed by atoms with Gasteiger partial charge in [0, 0.05) is 11.8 Å². The highest BCUT2D eigenvalue weighted by Gasteiger charge is 2.29. The first-order valence-corrected chi connectivity index (χ1v) is 6.68. The third-order valence-corrected chi connectivity index (χ3v) is 2.92. The zero-order chi connectivity index (χ0) is 18.3. The minimum atomic E-state index is -4.53. The zero-order valence-electron chi connectivity index (χ0n) is 13.2. The van der Waals surface area contributed by atoms with Gasteiger partial charge in [0.05, 0.1) is 19.9 Å². The topological polar surface area (TPSA) is 85.6 Å². The van der Waals surface area contributed by atoms with Gasteiger partial charge in [-0.05, 0) is 18.3 Å². The van der Waals surface area contributed by atoms with Crippen LogP contribution in [0.1, 0.15) is 15.9 Å². The Labute approximate surface area is 137 Å². The van der Waals surface area contributed by atoms with Gasteiger partial charge in [-0.2, -0.15) is 13.2 Å². The van der Waals surface area contributed by atoms with Gasteiger partial charge in [0.15, 0.2) is 0 Å². The number of ether oxygens (including phenoxy) is 2. The van der Waals surface area contributed by atoms with Crippen molar-refractivity contribution in [2.75, 3.05) is 20.8 Å². The molecule has 9 heteroatoms. The Bertz CT molecular complexity index is 618. The Morgan fingerprint density at radius 3 is 2.21 bits per heavy atom. The Morgan fingerprint density at radius 1 is 1.29 bits per heavy atom. The van der Waals surface area contributed by atoms with Crippen molar-refractivity contribution in [2.45, 2.75) is 6.18 Å². The number of hydrogen-bond acceptors (Lipinski definition) is 5. The fourth-order valence-electron chi connectivity index (χ4n) is 1.90. The van der Waals surface area contributed by atoms with Crippen molar-refractivity contribution in [3.8, 4) is 11.5 Å². The molecule has 0 heterocycles. The van der Waals surface area contributed by atoms with Crippen LogP contribution < -0.4 is 25.8 Å². The van der Waals surface area contributed by atoms with Crippen LogP contribution in [0.3, 0.4) is 0 Å². The number of halogens is 3. The normalized spacial score (nSPS) is 11.6. The summed E-state index contributed by atoms with van der Waals surface area (Å²) in [5, 5.41) is 4.57. The van der Waals surface area contributed by atoms with E-state index in [4.69, 9.17) is 15.2 Å². The van der Waals surface area contributed by atoms with Crippen molar-refractivity contribution >= 4 is 11.6 Å². The van der Waals surface area contributed by atoms with Gasteiger partial charge >= 0.3 is 6.18 Å². The number of alkyl halides is 3. The first-order chi connectivity index (χ1) is 11.3. The molecule has 0 spiro atoms. The lowest BCUT2D eigenvalue weighted by molar-refractivity contribution is -0.123. The number of carbonyl (C=O) groups is 1. The van der Waals surface area contributed by atoms with E-state index in [1.165, 1.54) is 38.8 Å². The summed E-state index contributed by atoms with van der Waals surface area (Å²) in [6, 6.07) is 2.89. The molecular weight excluding hydrogens is 327 g/mol. The highest BCUT2D eigenvalue weighted by atomic mass is 19.4. The van der Waals surface area contributed by atoms with Gasteiger partial charge in [0.1, 0.15) is 23.6 Å². The van der Waals surface area contributed by atoms with Gasteiger partial charge in [-0.1, -0.05) is 6.58 Å². The van der Waals surface area contributed by atoms with Gasteiger partial charge in [-0.3, -0.25) is 4.79 Å². The molecule has 0 fully saturated rings. The molecule has 4 N–H and O–H groups in total. The largest absolute Gasteiger partial charge is 0.496 e. The van der Waals surface area contributed by atoms with E-state index in [0.29, 0.717) is 11.3 Å². The Hall–Kier alpha value is -2.84. The lowest BCUT2D eigenvalue weighted by Gasteiger charge is -2.17. The van der Waals surface area contributed by atoms with Crippen molar-refractivity contribution in [2.24, 2.45) is 5.73 Å². The average molecular weight is 345 g/mol. The van der Waals surface area contributed by atoms with E-state index in [1.54, 1.807) is 5.32 Å². The van der Waals surface area contributed by atoms with Gasteiger partial charge in [-0.15, -0.1) is 0 Å². The third-order valence-electron chi connectivity index (χ3n) is 2.92. The summed E-state index contributed by atoms with van der Waals surface area (Å²) < 4.78 is 47.1. The number of amides is 1. The number of rotatable bonds is 7. The molecular formula is C15H18F3N3O3. The summed E-state index contributed by atoms with van der Waals surface area (Å²) in [5.74, 6) is -0.897. The molecule has 0 bridgehead atoms. The van der Waals surface area contributed by atoms with E-state index < -0.39 is 18.6 Å². The van der Waals surface area contributed by atoms with Gasteiger partial charge < -0.3 is 25.8 Å². The third kappa shape index (κ3) is 4.83. The number of nitrogens with two attached hydrogens (primary N) is 1. The molecule has 0 aliphatic carbocycles. The van der Waals surface area contributed by atoms with E-state index in [-0.39, 0.29) is 17.1 Å². The highest BCUT2D eigenvalue weighted by Crippen LogP contribution is 2.32. The van der Waals surface area contributed by atoms with E-state index in [0.717, 1.165) is 0 Å². The summed E-state index contributed by atoms with van der Waals surface area (Å²) in [7, 11) is 2.57. The standard InChI is InChI=1S/C15H18F3N3O3/c1-4-20-10(7-19)9-5-11(23-2)13(12(6-9)24-3)14(22)21-8-15(16,17)18/h4-7,20H,1,8,19H2,2-3H3,(H,21,22)/b10-7-. The molecule has 1 amide bonds. The molecule has 0 aliphatic heterocycles. The summed E-state index contributed by atoms with van der Waals surface area (Å²) in [4.78, 5) is 12.1. The van der Waals surface area contributed by atoms with E-state index in [9.17, 15) is 18.0 Å². The fraction of sp³-hybridized carbons (Fsp3) is 0.267. The minimum absolute atomic E-state index is 0.0363. The highest BCUT2D eigenvalue weighted by molar-refractivity contribution is 6.00. The monoisotopic (exact) mass is 345 g/mol. The van der Waals surface area contributed by atoms with Crippen molar-refractivity contribution in [3.05, 3.63) is 42.2 Å². The Kier molecular flexibility index (Phi) is 6.51. The van der Waals surface area contributed by atoms with E-state index in [2.05, 4.69) is 11.9 Å². The first-order valence-electron chi connectivity index (χ1n) is 6.68. The summed E-state index contributed by atoms with van der Waals surface area (Å²) in [5.41, 5.74) is 6.31. The smallest absolute Gasteiger partial charge is 0.405 e. The molecule has 0 unspecified atom stereocenters. The molecule has 0 aromatic heterocycles. The van der Waals surface area contributed by atoms with Gasteiger partial charge in [-0.25, -0.2) is 0 Å². The maximum atomic E-state index is 12.3. The van der Waals surface area contributed by atoms with Crippen molar-refractivity contribution in [1.82, 2.24) is 10.6 Å². The lowest BCUT2D eigenvalue weighted by atomic mass is 10.1. The second kappa shape index (κ2) is 8.14. The van der Waals surface area contributed by atoms with Gasteiger partial charge in [0.25, 0.3) is 5.91 Å². The van der Waals surface area contributed by atoms with Crippen LogP contribution in [-0.4, -0.2) is 32.8 Å². The molecule has 1 rings (SSSR count). The molecule has 132 valence electrons. The van der Waals surface area contributed by atoms with E-state index in [1.807, 2.05) is 0 Å². The quantitative estimate of drug-likeness (QED) is 0.704. The minimum Gasteiger partial charge on any atom is -0.496 e. The molecule has 1 aromatic rings. The average Bonchev–Trinajstić information content (AvgIpc) is 2.55. The number of carbonyl (C=O) groups excluding carboxylic acids is 1. The van der Waals surface area contributed by atoms with Crippen LogP contribution in [0.4, 0.5) is 13.2 Å². The molecule has 0 saturated heterocycles. The van der Waals surface area contributed by atoms with Crippen molar-refractivity contribution in [1.29, 1.82) is 0 Å². The second-order valence-corrected chi connectivity index (χ2v) is 4.48. The Balaban J connectivity index is 3.30. The zero-order valence-corrected chi connectivity index (χ0v) is 13.2. The molecule has 0 aliphatic rings. The maximum Gasteiger partial charge on any atom is 0.405 e. The molecule has 0 atom stereocenters. The number of nitrogens with one attached hydrogen (secondary N) is 2. The van der Waals surface area contributed by atoms with E-state index >= 15 is 0 Å². The van der Waals surface area contributed by atoms with Crippen molar-refractivity contribution < 1.29 is 27.4 Å². The van der Waals surface area contributed by atoms with Crippen LogP contribution >= 0.6 is 0 Å². The SMILES string of the molecule is C=CN/C(=C\N)c1cc(OC)c(C(=O)NCC(F)(F)F)c(OC)c1. The van der Waals surface area contributed by atoms with Crippen LogP contribution in [0.25, 0.3) is 5.70 Å². The van der Waals surface area contributed by atoms with Gasteiger partial charge in [0.2, 0.25) is 0 Å². The lowest BCUT2D eigenvalue weighted by Crippen LogP contribution is -2.34. The fourth-order valence-corrected chi connectivity index (χ4v) is 1.90.